The van der Waals surface area contributed by atoms with Gasteiger partial charge in [-0.2, -0.15) is 0 Å². The van der Waals surface area contributed by atoms with E-state index in [1.807, 2.05) is 0 Å². The van der Waals surface area contributed by atoms with Crippen molar-refractivity contribution in [2.75, 3.05) is 23.7 Å². The number of hydrogen-bond acceptors (Lipinski definition) is 3. The van der Waals surface area contributed by atoms with Gasteiger partial charge in [0.15, 0.2) is 0 Å². The highest BCUT2D eigenvalue weighted by Gasteiger charge is 2.20. The summed E-state index contributed by atoms with van der Waals surface area (Å²) in [5.41, 5.74) is 1.70. The van der Waals surface area contributed by atoms with Crippen LogP contribution in [0.2, 0.25) is 0 Å². The Labute approximate surface area is 145 Å². The van der Waals surface area contributed by atoms with Crippen LogP contribution in [0.3, 0.4) is 0 Å². The summed E-state index contributed by atoms with van der Waals surface area (Å²) < 4.78 is 25.9. The lowest BCUT2D eigenvalue weighted by molar-refractivity contribution is -0.119. The number of amides is 1. The van der Waals surface area contributed by atoms with E-state index in [1.54, 1.807) is 24.3 Å². The number of nitrogens with one attached hydrogen (secondary N) is 1. The topological polar surface area (TPSA) is 66.5 Å². The van der Waals surface area contributed by atoms with Gasteiger partial charge in [0.25, 0.3) is 0 Å². The van der Waals surface area contributed by atoms with Crippen LogP contribution in [0, 0.1) is 0 Å². The van der Waals surface area contributed by atoms with Gasteiger partial charge in [-0.1, -0.05) is 27.6 Å². The second-order valence-corrected chi connectivity index (χ2v) is 8.45. The van der Waals surface area contributed by atoms with Gasteiger partial charge >= 0.3 is 0 Å². The lowest BCUT2D eigenvalue weighted by atomic mass is 10.00. The van der Waals surface area contributed by atoms with Crippen LogP contribution < -0.4 is 9.62 Å². The number of nitrogens with zero attached hydrogens (tertiary/aromatic N) is 1. The van der Waals surface area contributed by atoms with Crippen molar-refractivity contribution in [2.45, 2.75) is 25.7 Å². The second-order valence-electron chi connectivity index (χ2n) is 5.63. The molecule has 0 heterocycles. The van der Waals surface area contributed by atoms with Gasteiger partial charge in [-0.25, -0.2) is 8.42 Å². The fourth-order valence-electron chi connectivity index (χ4n) is 2.47. The summed E-state index contributed by atoms with van der Waals surface area (Å²) in [5.74, 6) is -0.301. The predicted molar refractivity (Wildman–Crippen MR) is 95.9 cm³/mol. The Kier molecular flexibility index (Phi) is 6.24. The Bertz CT molecular complexity index is 684. The Morgan fingerprint density at radius 2 is 1.96 bits per heavy atom. The molecule has 0 saturated heterocycles. The molecule has 1 N–H and O–H groups in total. The lowest BCUT2D eigenvalue weighted by Crippen LogP contribution is -2.41. The summed E-state index contributed by atoms with van der Waals surface area (Å²) in [6.45, 7) is 0.282. The molecule has 2 rings (SSSR count). The average molecular weight is 401 g/mol. The van der Waals surface area contributed by atoms with Gasteiger partial charge in [-0.3, -0.25) is 9.10 Å². The van der Waals surface area contributed by atoms with Crippen LogP contribution in [0.25, 0.3) is 0 Å². The summed E-state index contributed by atoms with van der Waals surface area (Å²) in [6, 6.07) is 6.83. The number of benzene rings is 1. The van der Waals surface area contributed by atoms with Gasteiger partial charge in [0.1, 0.15) is 6.54 Å². The second kappa shape index (κ2) is 7.97. The number of hydrogen-bond donors (Lipinski definition) is 1. The van der Waals surface area contributed by atoms with Gasteiger partial charge in [0.2, 0.25) is 15.9 Å². The third-order valence-corrected chi connectivity index (χ3v) is 5.37. The van der Waals surface area contributed by atoms with E-state index in [0.717, 1.165) is 34.3 Å². The minimum atomic E-state index is -3.53. The van der Waals surface area contributed by atoms with Gasteiger partial charge < -0.3 is 5.32 Å². The number of carbonyl (C=O) groups excluding carboxylic acids is 1. The Morgan fingerprint density at radius 3 is 2.52 bits per heavy atom. The molecule has 0 bridgehead atoms. The van der Waals surface area contributed by atoms with Gasteiger partial charge in [0.05, 0.1) is 11.9 Å². The van der Waals surface area contributed by atoms with Gasteiger partial charge in [-0.15, -0.1) is 0 Å². The molecule has 0 aromatic heterocycles. The highest BCUT2D eigenvalue weighted by atomic mass is 79.9. The fraction of sp³-hybridized carbons (Fsp3) is 0.438. The number of sulfonamides is 1. The number of halogens is 1. The molecule has 0 unspecified atom stereocenters. The maximum Gasteiger partial charge on any atom is 0.241 e. The van der Waals surface area contributed by atoms with Crippen molar-refractivity contribution in [3.63, 3.8) is 0 Å². The first kappa shape index (κ1) is 18.0. The SMILES string of the molecule is CS(=O)(=O)N(CC(=O)NCC1=CCCCC1)c1ccc(Br)cc1. The highest BCUT2D eigenvalue weighted by molar-refractivity contribution is 9.10. The molecule has 0 atom stereocenters. The summed E-state index contributed by atoms with van der Waals surface area (Å²) in [7, 11) is -3.53. The molecule has 1 aromatic rings. The first-order chi connectivity index (χ1) is 10.9. The zero-order valence-electron chi connectivity index (χ0n) is 13.1. The van der Waals surface area contributed by atoms with Crippen LogP contribution in [-0.4, -0.2) is 33.7 Å². The van der Waals surface area contributed by atoms with E-state index in [9.17, 15) is 13.2 Å². The normalized spacial score (nSPS) is 15.0. The molecule has 23 heavy (non-hydrogen) atoms. The average Bonchev–Trinajstić information content (AvgIpc) is 2.52. The lowest BCUT2D eigenvalue weighted by Gasteiger charge is -2.22. The fourth-order valence-corrected chi connectivity index (χ4v) is 3.59. The molecular formula is C16H21BrN2O3S. The Morgan fingerprint density at radius 1 is 1.26 bits per heavy atom. The van der Waals surface area contributed by atoms with E-state index < -0.39 is 10.0 Å². The van der Waals surface area contributed by atoms with Crippen molar-refractivity contribution < 1.29 is 13.2 Å². The van der Waals surface area contributed by atoms with Crippen molar-refractivity contribution in [1.29, 1.82) is 0 Å². The molecule has 5 nitrogen and oxygen atoms in total. The molecule has 1 aromatic carbocycles. The van der Waals surface area contributed by atoms with Crippen LogP contribution in [-0.2, 0) is 14.8 Å². The summed E-state index contributed by atoms with van der Waals surface area (Å²) >= 11 is 3.31. The predicted octanol–water partition coefficient (Wildman–Crippen LogP) is 2.83. The van der Waals surface area contributed by atoms with E-state index >= 15 is 0 Å². The maximum absolute atomic E-state index is 12.1. The van der Waals surface area contributed by atoms with Crippen molar-refractivity contribution in [2.24, 2.45) is 0 Å². The monoisotopic (exact) mass is 400 g/mol. The summed E-state index contributed by atoms with van der Waals surface area (Å²) in [6.07, 6.45) is 7.67. The molecule has 1 amide bonds. The molecule has 0 spiro atoms. The summed E-state index contributed by atoms with van der Waals surface area (Å²) in [5, 5.41) is 2.81. The van der Waals surface area contributed by atoms with E-state index in [1.165, 1.54) is 12.0 Å². The maximum atomic E-state index is 12.1. The van der Waals surface area contributed by atoms with Crippen molar-refractivity contribution >= 4 is 37.5 Å². The molecule has 0 aliphatic heterocycles. The van der Waals surface area contributed by atoms with Crippen LogP contribution in [0.1, 0.15) is 25.7 Å². The first-order valence-corrected chi connectivity index (χ1v) is 10.2. The van der Waals surface area contributed by atoms with E-state index in [0.29, 0.717) is 12.2 Å². The largest absolute Gasteiger partial charge is 0.351 e. The van der Waals surface area contributed by atoms with Gasteiger partial charge in [-0.05, 0) is 49.9 Å². The quantitative estimate of drug-likeness (QED) is 0.746. The van der Waals surface area contributed by atoms with Crippen molar-refractivity contribution in [3.05, 3.63) is 40.4 Å². The summed E-state index contributed by atoms with van der Waals surface area (Å²) in [4.78, 5) is 12.1. The van der Waals surface area contributed by atoms with E-state index in [-0.39, 0.29) is 12.5 Å². The smallest absolute Gasteiger partial charge is 0.241 e. The number of anilines is 1. The minimum absolute atomic E-state index is 0.215. The van der Waals surface area contributed by atoms with Crippen LogP contribution in [0.5, 0.6) is 0 Å². The van der Waals surface area contributed by atoms with Crippen molar-refractivity contribution in [1.82, 2.24) is 5.32 Å². The third kappa shape index (κ3) is 5.66. The molecule has 126 valence electrons. The van der Waals surface area contributed by atoms with Crippen LogP contribution in [0.15, 0.2) is 40.4 Å². The molecular weight excluding hydrogens is 380 g/mol. The molecule has 0 radical (unpaired) electrons. The zero-order chi connectivity index (χ0) is 16.9. The molecule has 1 aliphatic rings. The highest BCUT2D eigenvalue weighted by Crippen LogP contribution is 2.20. The number of allylic oxidation sites excluding steroid dienone is 1. The van der Waals surface area contributed by atoms with E-state index in [4.69, 9.17) is 0 Å². The molecule has 0 fully saturated rings. The van der Waals surface area contributed by atoms with Crippen molar-refractivity contribution in [3.8, 4) is 0 Å². The third-order valence-electron chi connectivity index (χ3n) is 3.70. The first-order valence-electron chi connectivity index (χ1n) is 7.54. The zero-order valence-corrected chi connectivity index (χ0v) is 15.5. The molecule has 1 aliphatic carbocycles. The number of rotatable bonds is 6. The molecule has 7 heteroatoms. The van der Waals surface area contributed by atoms with Crippen LogP contribution >= 0.6 is 15.9 Å². The standard InChI is InChI=1S/C16H21BrN2O3S/c1-23(21,22)19(15-9-7-14(17)8-10-15)12-16(20)18-11-13-5-3-2-4-6-13/h5,7-10H,2-4,6,11-12H2,1H3,(H,18,20). The van der Waals surface area contributed by atoms with E-state index in [2.05, 4.69) is 27.3 Å². The van der Waals surface area contributed by atoms with Crippen LogP contribution in [0.4, 0.5) is 5.69 Å². The number of carbonyl (C=O) groups is 1. The van der Waals surface area contributed by atoms with Gasteiger partial charge in [0, 0.05) is 11.0 Å². The Hall–Kier alpha value is -1.34. The Balaban J connectivity index is 2.01. The molecule has 0 saturated carbocycles. The minimum Gasteiger partial charge on any atom is -0.351 e.